The summed E-state index contributed by atoms with van der Waals surface area (Å²) in [7, 11) is 0. The molecule has 0 aliphatic carbocycles. The van der Waals surface area contributed by atoms with E-state index >= 15 is 0 Å². The average Bonchev–Trinajstić information content (AvgIpc) is 2.86. The molecular formula is C12H13F2N3O2. The van der Waals surface area contributed by atoms with Crippen molar-refractivity contribution < 1.29 is 13.7 Å². The summed E-state index contributed by atoms with van der Waals surface area (Å²) in [6.07, 6.45) is 0. The number of benzene rings is 1. The number of hydrogen-bond donors (Lipinski definition) is 1. The molecule has 0 aromatic heterocycles. The highest BCUT2D eigenvalue weighted by atomic mass is 19.1. The van der Waals surface area contributed by atoms with Gasteiger partial charge in [-0.25, -0.2) is 4.39 Å². The molecule has 1 N–H and O–H groups in total. The SMILES string of the molecule is O=[N+]([O-])c1c(F)cc(F)cc1N1CC2CNCC2C1. The average molecular weight is 269 g/mol. The van der Waals surface area contributed by atoms with Crippen LogP contribution in [0.3, 0.4) is 0 Å². The fourth-order valence-electron chi connectivity index (χ4n) is 3.03. The number of nitrogens with one attached hydrogen (secondary N) is 1. The molecule has 3 rings (SSSR count). The van der Waals surface area contributed by atoms with Crippen molar-refractivity contribution in [2.75, 3.05) is 31.1 Å². The fraction of sp³-hybridized carbons (Fsp3) is 0.500. The Kier molecular flexibility index (Phi) is 2.85. The van der Waals surface area contributed by atoms with Crippen molar-refractivity contribution >= 4 is 11.4 Å². The predicted octanol–water partition coefficient (Wildman–Crippen LogP) is 1.53. The van der Waals surface area contributed by atoms with Gasteiger partial charge >= 0.3 is 5.69 Å². The lowest BCUT2D eigenvalue weighted by atomic mass is 10.0. The highest BCUT2D eigenvalue weighted by Crippen LogP contribution is 2.37. The quantitative estimate of drug-likeness (QED) is 0.653. The molecule has 2 aliphatic heterocycles. The van der Waals surface area contributed by atoms with Crippen LogP contribution in [0.15, 0.2) is 12.1 Å². The number of rotatable bonds is 2. The lowest BCUT2D eigenvalue weighted by molar-refractivity contribution is -0.386. The summed E-state index contributed by atoms with van der Waals surface area (Å²) in [5, 5.41) is 14.2. The second-order valence-electron chi connectivity index (χ2n) is 5.10. The summed E-state index contributed by atoms with van der Waals surface area (Å²) in [4.78, 5) is 11.9. The van der Waals surface area contributed by atoms with Gasteiger partial charge in [0.25, 0.3) is 0 Å². The van der Waals surface area contributed by atoms with Crippen molar-refractivity contribution in [2.45, 2.75) is 0 Å². The third-order valence-electron chi connectivity index (χ3n) is 3.92. The zero-order chi connectivity index (χ0) is 13.6. The Morgan fingerprint density at radius 2 is 1.89 bits per heavy atom. The summed E-state index contributed by atoms with van der Waals surface area (Å²) in [6, 6.07) is 1.61. The number of halogens is 2. The van der Waals surface area contributed by atoms with Crippen molar-refractivity contribution in [3.05, 3.63) is 33.9 Å². The Morgan fingerprint density at radius 1 is 1.26 bits per heavy atom. The maximum atomic E-state index is 13.6. The molecule has 102 valence electrons. The topological polar surface area (TPSA) is 58.4 Å². The Bertz CT molecular complexity index is 526. The Labute approximate surface area is 108 Å². The van der Waals surface area contributed by atoms with Crippen LogP contribution in [-0.2, 0) is 0 Å². The highest BCUT2D eigenvalue weighted by Gasteiger charge is 2.39. The maximum absolute atomic E-state index is 13.6. The van der Waals surface area contributed by atoms with Crippen LogP contribution in [0.2, 0.25) is 0 Å². The van der Waals surface area contributed by atoms with E-state index in [0.29, 0.717) is 31.0 Å². The van der Waals surface area contributed by atoms with Gasteiger partial charge in [0.15, 0.2) is 0 Å². The van der Waals surface area contributed by atoms with Gasteiger partial charge in [-0.3, -0.25) is 10.1 Å². The minimum Gasteiger partial charge on any atom is -0.365 e. The molecule has 7 heteroatoms. The molecule has 2 atom stereocenters. The molecule has 1 aromatic carbocycles. The van der Waals surface area contributed by atoms with E-state index in [0.717, 1.165) is 19.2 Å². The lowest BCUT2D eigenvalue weighted by Crippen LogP contribution is -2.26. The van der Waals surface area contributed by atoms with E-state index in [4.69, 9.17) is 0 Å². The molecule has 1 aromatic rings. The molecule has 2 aliphatic rings. The van der Waals surface area contributed by atoms with E-state index in [9.17, 15) is 18.9 Å². The van der Waals surface area contributed by atoms with E-state index in [2.05, 4.69) is 5.32 Å². The molecule has 0 bridgehead atoms. The van der Waals surface area contributed by atoms with E-state index in [1.54, 1.807) is 4.90 Å². The summed E-state index contributed by atoms with van der Waals surface area (Å²) in [5.41, 5.74) is -0.578. The van der Waals surface area contributed by atoms with Gasteiger partial charge in [0, 0.05) is 38.3 Å². The van der Waals surface area contributed by atoms with Crippen LogP contribution in [0.5, 0.6) is 0 Å². The van der Waals surface area contributed by atoms with Gasteiger partial charge < -0.3 is 10.2 Å². The summed E-state index contributed by atoms with van der Waals surface area (Å²) in [6.45, 7) is 2.91. The maximum Gasteiger partial charge on any atom is 0.328 e. The van der Waals surface area contributed by atoms with Crippen LogP contribution >= 0.6 is 0 Å². The van der Waals surface area contributed by atoms with Crippen LogP contribution in [0.4, 0.5) is 20.2 Å². The van der Waals surface area contributed by atoms with Crippen molar-refractivity contribution in [2.24, 2.45) is 11.8 Å². The molecule has 0 spiro atoms. The second-order valence-corrected chi connectivity index (χ2v) is 5.10. The molecule has 2 fully saturated rings. The molecule has 0 saturated carbocycles. The largest absolute Gasteiger partial charge is 0.365 e. The van der Waals surface area contributed by atoms with Gasteiger partial charge in [0.2, 0.25) is 5.82 Å². The normalized spacial score (nSPS) is 25.7. The van der Waals surface area contributed by atoms with Crippen LogP contribution in [-0.4, -0.2) is 31.1 Å². The first-order valence-corrected chi connectivity index (χ1v) is 6.15. The van der Waals surface area contributed by atoms with Gasteiger partial charge in [0.05, 0.1) is 4.92 Å². The first-order chi connectivity index (χ1) is 9.06. The lowest BCUT2D eigenvalue weighted by Gasteiger charge is -2.19. The van der Waals surface area contributed by atoms with Crippen molar-refractivity contribution in [3.8, 4) is 0 Å². The molecular weight excluding hydrogens is 256 g/mol. The minimum atomic E-state index is -1.12. The van der Waals surface area contributed by atoms with Gasteiger partial charge in [-0.15, -0.1) is 0 Å². The van der Waals surface area contributed by atoms with E-state index in [1.807, 2.05) is 0 Å². The highest BCUT2D eigenvalue weighted by molar-refractivity contribution is 5.64. The van der Waals surface area contributed by atoms with Crippen LogP contribution in [0.25, 0.3) is 0 Å². The first-order valence-electron chi connectivity index (χ1n) is 6.15. The Balaban J connectivity index is 1.98. The smallest absolute Gasteiger partial charge is 0.328 e. The molecule has 19 heavy (non-hydrogen) atoms. The Morgan fingerprint density at radius 3 is 2.47 bits per heavy atom. The zero-order valence-corrected chi connectivity index (χ0v) is 10.1. The molecule has 0 radical (unpaired) electrons. The summed E-state index contributed by atoms with van der Waals surface area (Å²) >= 11 is 0. The number of hydrogen-bond acceptors (Lipinski definition) is 4. The molecule has 2 saturated heterocycles. The molecule has 0 amide bonds. The number of fused-ring (bicyclic) bond motifs is 1. The summed E-state index contributed by atoms with van der Waals surface area (Å²) in [5.74, 6) is -1.11. The molecule has 2 unspecified atom stereocenters. The number of nitro benzene ring substituents is 1. The summed E-state index contributed by atoms with van der Waals surface area (Å²) < 4.78 is 26.9. The Hall–Kier alpha value is -1.76. The standard InChI is InChI=1S/C12H13F2N3O2/c13-9-1-10(14)12(17(18)19)11(2-9)16-5-7-3-15-4-8(7)6-16/h1-2,7-8,15H,3-6H2. The number of nitrogens with zero attached hydrogens (tertiary/aromatic N) is 2. The fourth-order valence-corrected chi connectivity index (χ4v) is 3.03. The van der Waals surface area contributed by atoms with Crippen LogP contribution in [0.1, 0.15) is 0 Å². The van der Waals surface area contributed by atoms with E-state index in [1.165, 1.54) is 0 Å². The van der Waals surface area contributed by atoms with Gasteiger partial charge in [-0.1, -0.05) is 0 Å². The van der Waals surface area contributed by atoms with Gasteiger partial charge in [0.1, 0.15) is 11.5 Å². The van der Waals surface area contributed by atoms with Crippen molar-refractivity contribution in [3.63, 3.8) is 0 Å². The van der Waals surface area contributed by atoms with Crippen molar-refractivity contribution in [1.29, 1.82) is 0 Å². The van der Waals surface area contributed by atoms with Gasteiger partial charge in [-0.05, 0) is 11.8 Å². The van der Waals surface area contributed by atoms with Crippen LogP contribution in [0, 0.1) is 33.6 Å². The monoisotopic (exact) mass is 269 g/mol. The first kappa shape index (κ1) is 12.3. The van der Waals surface area contributed by atoms with Gasteiger partial charge in [-0.2, -0.15) is 4.39 Å². The minimum absolute atomic E-state index is 0.0527. The molecule has 2 heterocycles. The van der Waals surface area contributed by atoms with Crippen LogP contribution < -0.4 is 10.2 Å². The van der Waals surface area contributed by atoms with E-state index in [-0.39, 0.29) is 5.69 Å². The predicted molar refractivity (Wildman–Crippen MR) is 65.1 cm³/mol. The zero-order valence-electron chi connectivity index (χ0n) is 10.1. The van der Waals surface area contributed by atoms with E-state index < -0.39 is 22.2 Å². The third kappa shape index (κ3) is 2.03. The number of nitro groups is 1. The number of anilines is 1. The molecule has 5 nitrogen and oxygen atoms in total. The van der Waals surface area contributed by atoms with Crippen molar-refractivity contribution in [1.82, 2.24) is 5.32 Å². The third-order valence-corrected chi connectivity index (χ3v) is 3.92. The second kappa shape index (κ2) is 4.41.